The Morgan fingerprint density at radius 3 is 0.891 bits per heavy atom. The summed E-state index contributed by atoms with van der Waals surface area (Å²) in [6, 6.07) is 0. The first-order valence-electron chi connectivity index (χ1n) is 28.3. The van der Waals surface area contributed by atoms with E-state index in [1.54, 1.807) is 0 Å². The first kappa shape index (κ1) is 61.9. The van der Waals surface area contributed by atoms with Gasteiger partial charge in [-0.2, -0.15) is 0 Å². The minimum atomic E-state index is -0.773. The van der Waals surface area contributed by atoms with Crippen LogP contribution >= 0.6 is 0 Å². The summed E-state index contributed by atoms with van der Waals surface area (Å²) in [6.07, 6.45) is 61.6. The number of unbranched alkanes of at least 4 members (excludes halogenated alkanes) is 37. The quantitative estimate of drug-likeness (QED) is 0.0262. The highest BCUT2D eigenvalue weighted by Crippen LogP contribution is 2.17. The van der Waals surface area contributed by atoms with Crippen molar-refractivity contribution in [2.45, 2.75) is 316 Å². The van der Waals surface area contributed by atoms with E-state index >= 15 is 0 Å². The highest BCUT2D eigenvalue weighted by atomic mass is 16.6. The van der Waals surface area contributed by atoms with Crippen molar-refractivity contribution in [2.75, 3.05) is 13.2 Å². The number of allylic oxidation sites excluding steroid dienone is 4. The van der Waals surface area contributed by atoms with Crippen LogP contribution in [0.3, 0.4) is 0 Å². The number of carbonyl (C=O) groups excluding carboxylic acids is 3. The maximum absolute atomic E-state index is 12.8. The van der Waals surface area contributed by atoms with E-state index < -0.39 is 6.10 Å². The van der Waals surface area contributed by atoms with Crippen LogP contribution in [0, 0.1) is 0 Å². The Morgan fingerprint density at radius 1 is 0.312 bits per heavy atom. The molecule has 0 heterocycles. The highest BCUT2D eigenvalue weighted by molar-refractivity contribution is 5.71. The van der Waals surface area contributed by atoms with E-state index in [1.165, 1.54) is 193 Å². The fraction of sp³-hybridized carbons (Fsp3) is 0.879. The Labute approximate surface area is 398 Å². The highest BCUT2D eigenvalue weighted by Gasteiger charge is 2.19. The average Bonchev–Trinajstić information content (AvgIpc) is 3.29. The molecule has 376 valence electrons. The third kappa shape index (κ3) is 50.9. The molecule has 0 radical (unpaired) electrons. The maximum Gasteiger partial charge on any atom is 0.306 e. The smallest absolute Gasteiger partial charge is 0.306 e. The second-order valence-corrected chi connectivity index (χ2v) is 19.2. The van der Waals surface area contributed by atoms with Crippen LogP contribution in [0.4, 0.5) is 0 Å². The van der Waals surface area contributed by atoms with Crippen LogP contribution in [0.1, 0.15) is 310 Å². The minimum Gasteiger partial charge on any atom is -0.462 e. The molecule has 64 heavy (non-hydrogen) atoms. The van der Waals surface area contributed by atoms with Gasteiger partial charge in [-0.05, 0) is 51.4 Å². The average molecular weight is 901 g/mol. The van der Waals surface area contributed by atoms with Gasteiger partial charge in [-0.25, -0.2) is 0 Å². The van der Waals surface area contributed by atoms with E-state index in [1.807, 2.05) is 0 Å². The van der Waals surface area contributed by atoms with Crippen molar-refractivity contribution < 1.29 is 28.6 Å². The number of rotatable bonds is 52. The van der Waals surface area contributed by atoms with E-state index in [9.17, 15) is 14.4 Å². The summed E-state index contributed by atoms with van der Waals surface area (Å²) in [4.78, 5) is 38.1. The topological polar surface area (TPSA) is 78.9 Å². The summed E-state index contributed by atoms with van der Waals surface area (Å²) in [7, 11) is 0. The fourth-order valence-corrected chi connectivity index (χ4v) is 8.42. The van der Waals surface area contributed by atoms with Crippen LogP contribution in [-0.4, -0.2) is 37.2 Å². The zero-order valence-electron chi connectivity index (χ0n) is 43.1. The molecule has 6 nitrogen and oxygen atoms in total. The largest absolute Gasteiger partial charge is 0.462 e. The fourth-order valence-electron chi connectivity index (χ4n) is 8.42. The summed E-state index contributed by atoms with van der Waals surface area (Å²) < 4.78 is 16.9. The van der Waals surface area contributed by atoms with Gasteiger partial charge in [0.15, 0.2) is 6.10 Å². The van der Waals surface area contributed by atoms with Gasteiger partial charge in [-0.3, -0.25) is 14.4 Å². The molecule has 0 aromatic heterocycles. The summed E-state index contributed by atoms with van der Waals surface area (Å²) in [5.74, 6) is -0.865. The van der Waals surface area contributed by atoms with Gasteiger partial charge < -0.3 is 14.2 Å². The predicted octanol–water partition coefficient (Wildman–Crippen LogP) is 18.7. The van der Waals surface area contributed by atoms with Crippen molar-refractivity contribution in [1.29, 1.82) is 0 Å². The van der Waals surface area contributed by atoms with Crippen molar-refractivity contribution in [3.63, 3.8) is 0 Å². The Kier molecular flexibility index (Phi) is 51.7. The first-order chi connectivity index (χ1) is 31.5. The molecule has 0 saturated heterocycles. The summed E-state index contributed by atoms with van der Waals surface area (Å²) in [6.45, 7) is 6.65. The Hall–Kier alpha value is -2.11. The molecule has 0 aliphatic heterocycles. The van der Waals surface area contributed by atoms with E-state index in [-0.39, 0.29) is 31.1 Å². The lowest BCUT2D eigenvalue weighted by atomic mass is 10.0. The summed E-state index contributed by atoms with van der Waals surface area (Å²) in [5, 5.41) is 0. The molecule has 1 atom stereocenters. The number of carbonyl (C=O) groups is 3. The lowest BCUT2D eigenvalue weighted by molar-refractivity contribution is -0.167. The normalized spacial score (nSPS) is 12.1. The van der Waals surface area contributed by atoms with Gasteiger partial charge in [0.1, 0.15) is 13.2 Å². The second-order valence-electron chi connectivity index (χ2n) is 19.2. The van der Waals surface area contributed by atoms with Gasteiger partial charge in [0.25, 0.3) is 0 Å². The van der Waals surface area contributed by atoms with Crippen LogP contribution in [0.15, 0.2) is 24.3 Å². The number of hydrogen-bond acceptors (Lipinski definition) is 6. The molecule has 0 aromatic carbocycles. The molecule has 0 bridgehead atoms. The van der Waals surface area contributed by atoms with Crippen LogP contribution < -0.4 is 0 Å². The number of ether oxygens (including phenoxy) is 3. The molecule has 0 amide bonds. The van der Waals surface area contributed by atoms with Gasteiger partial charge in [0.05, 0.1) is 0 Å². The second kappa shape index (κ2) is 53.5. The first-order valence-corrected chi connectivity index (χ1v) is 28.3. The number of hydrogen-bond donors (Lipinski definition) is 0. The Morgan fingerprint density at radius 2 is 0.562 bits per heavy atom. The summed E-state index contributed by atoms with van der Waals surface area (Å²) in [5.41, 5.74) is 0. The molecule has 6 heteroatoms. The van der Waals surface area contributed by atoms with Gasteiger partial charge in [0, 0.05) is 19.3 Å². The molecule has 0 aliphatic carbocycles. The Bertz CT molecular complexity index is 1040. The maximum atomic E-state index is 12.8. The molecule has 0 N–H and O–H groups in total. The third-order valence-corrected chi connectivity index (χ3v) is 12.7. The molecular formula is C58H108O6. The van der Waals surface area contributed by atoms with Crippen LogP contribution in [0.5, 0.6) is 0 Å². The van der Waals surface area contributed by atoms with Crippen molar-refractivity contribution >= 4 is 17.9 Å². The SMILES string of the molecule is CCCCC/C=C/C/C=C/CCCCCCCC(=O)O[C@H](COC(=O)CCCCCCCCCCCCCCC)COC(=O)CCCCCCCCCCCCCCCCCCCC. The molecular weight excluding hydrogens is 793 g/mol. The summed E-state index contributed by atoms with van der Waals surface area (Å²) >= 11 is 0. The van der Waals surface area contributed by atoms with Gasteiger partial charge in [-0.15, -0.1) is 0 Å². The molecule has 0 aromatic rings. The monoisotopic (exact) mass is 901 g/mol. The van der Waals surface area contributed by atoms with Crippen LogP contribution in [0.25, 0.3) is 0 Å². The van der Waals surface area contributed by atoms with Crippen molar-refractivity contribution in [3.05, 3.63) is 24.3 Å². The van der Waals surface area contributed by atoms with E-state index in [0.29, 0.717) is 19.3 Å². The van der Waals surface area contributed by atoms with Gasteiger partial charge in [-0.1, -0.05) is 263 Å². The molecule has 0 fully saturated rings. The zero-order chi connectivity index (χ0) is 46.5. The molecule has 0 spiro atoms. The molecule has 0 aliphatic rings. The minimum absolute atomic E-state index is 0.0716. The molecule has 0 saturated carbocycles. The van der Waals surface area contributed by atoms with Crippen molar-refractivity contribution in [3.8, 4) is 0 Å². The van der Waals surface area contributed by atoms with E-state index in [0.717, 1.165) is 77.0 Å². The van der Waals surface area contributed by atoms with Crippen molar-refractivity contribution in [2.24, 2.45) is 0 Å². The Balaban J connectivity index is 4.32. The van der Waals surface area contributed by atoms with Crippen LogP contribution in [-0.2, 0) is 28.6 Å². The standard InChI is InChI=1S/C58H108O6/c1-4-7-10-13-16-19-22-25-27-28-29-31-33-36-39-42-45-48-51-57(60)63-54-55(53-62-56(59)50-47-44-41-38-35-32-24-21-18-15-12-9-6-3)64-58(61)52-49-46-43-40-37-34-30-26-23-20-17-14-11-8-5-2/h17,20,26,30,55H,4-16,18-19,21-25,27-29,31-54H2,1-3H3/b20-17+,30-26+/t55-/m1/s1. The zero-order valence-corrected chi connectivity index (χ0v) is 43.1. The van der Waals surface area contributed by atoms with Gasteiger partial charge >= 0.3 is 17.9 Å². The van der Waals surface area contributed by atoms with E-state index in [2.05, 4.69) is 45.1 Å². The predicted molar refractivity (Wildman–Crippen MR) is 275 cm³/mol. The van der Waals surface area contributed by atoms with Crippen LogP contribution in [0.2, 0.25) is 0 Å². The lowest BCUT2D eigenvalue weighted by Gasteiger charge is -2.18. The van der Waals surface area contributed by atoms with E-state index in [4.69, 9.17) is 14.2 Å². The third-order valence-electron chi connectivity index (χ3n) is 12.7. The molecule has 0 unspecified atom stereocenters. The lowest BCUT2D eigenvalue weighted by Crippen LogP contribution is -2.30. The van der Waals surface area contributed by atoms with Crippen molar-refractivity contribution in [1.82, 2.24) is 0 Å². The number of esters is 3. The molecule has 0 rings (SSSR count). The van der Waals surface area contributed by atoms with Gasteiger partial charge in [0.2, 0.25) is 0 Å².